The predicted molar refractivity (Wildman–Crippen MR) is 102 cm³/mol. The number of allylic oxidation sites excluding steroid dienone is 1. The first-order valence-corrected chi connectivity index (χ1v) is 9.28. The number of carbonyl (C=O) groups is 1. The van der Waals surface area contributed by atoms with Crippen molar-refractivity contribution in [3.8, 4) is 11.5 Å². The Hall–Kier alpha value is -2.94. The lowest BCUT2D eigenvalue weighted by Gasteiger charge is -2.12. The van der Waals surface area contributed by atoms with Gasteiger partial charge in [-0.2, -0.15) is 4.68 Å². The van der Waals surface area contributed by atoms with Gasteiger partial charge in [0.1, 0.15) is 6.54 Å². The topological polar surface area (TPSA) is 120 Å². The average molecular weight is 407 g/mol. The molecule has 1 amide bonds. The number of nitro groups is 1. The fraction of sp³-hybridized carbons (Fsp3) is 0.389. The molecule has 1 aromatic heterocycles. The summed E-state index contributed by atoms with van der Waals surface area (Å²) in [6, 6.07) is 3.71. The first-order chi connectivity index (χ1) is 13.4. The highest BCUT2D eigenvalue weighted by molar-refractivity contribution is 6.33. The normalized spacial score (nSPS) is 13.8. The number of rotatable bonds is 7. The summed E-state index contributed by atoms with van der Waals surface area (Å²) < 4.78 is 5.93. The van der Waals surface area contributed by atoms with Crippen molar-refractivity contribution >= 4 is 23.2 Å². The lowest BCUT2D eigenvalue weighted by Crippen LogP contribution is -2.32. The highest BCUT2D eigenvalue weighted by Gasteiger charge is 2.18. The lowest BCUT2D eigenvalue weighted by molar-refractivity contribution is -0.384. The van der Waals surface area contributed by atoms with Crippen LogP contribution in [0.3, 0.4) is 0 Å². The van der Waals surface area contributed by atoms with Crippen LogP contribution >= 0.6 is 11.6 Å². The van der Waals surface area contributed by atoms with Crippen LogP contribution < -0.4 is 11.1 Å². The van der Waals surface area contributed by atoms with Gasteiger partial charge in [0.2, 0.25) is 5.91 Å². The van der Waals surface area contributed by atoms with Crippen molar-refractivity contribution in [2.45, 2.75) is 38.6 Å². The monoisotopic (exact) mass is 406 g/mol. The van der Waals surface area contributed by atoms with Gasteiger partial charge in [-0.25, -0.2) is 4.79 Å². The van der Waals surface area contributed by atoms with Crippen LogP contribution in [0.5, 0.6) is 0 Å². The Morgan fingerprint density at radius 3 is 2.89 bits per heavy atom. The fourth-order valence-electron chi connectivity index (χ4n) is 2.99. The molecule has 0 saturated carbocycles. The number of nitrogens with zero attached hydrogens (tertiary/aromatic N) is 3. The van der Waals surface area contributed by atoms with Crippen molar-refractivity contribution in [2.75, 3.05) is 6.54 Å². The number of halogens is 1. The molecule has 28 heavy (non-hydrogen) atoms. The second-order valence-electron chi connectivity index (χ2n) is 6.46. The number of aromatic nitrogens is 2. The summed E-state index contributed by atoms with van der Waals surface area (Å²) in [4.78, 5) is 34.2. The van der Waals surface area contributed by atoms with Crippen LogP contribution in [0.2, 0.25) is 5.02 Å². The maximum Gasteiger partial charge on any atom is 0.437 e. The molecule has 0 saturated heterocycles. The van der Waals surface area contributed by atoms with Crippen LogP contribution in [0.1, 0.15) is 32.1 Å². The molecule has 0 spiro atoms. The number of nitro benzene ring substituents is 1. The molecule has 9 nitrogen and oxygen atoms in total. The fourth-order valence-corrected chi connectivity index (χ4v) is 3.25. The van der Waals surface area contributed by atoms with Crippen molar-refractivity contribution in [1.82, 2.24) is 15.1 Å². The molecule has 1 aliphatic rings. The Bertz CT molecular complexity index is 979. The third-order valence-corrected chi connectivity index (χ3v) is 4.76. The Balaban J connectivity index is 1.62. The van der Waals surface area contributed by atoms with Gasteiger partial charge in [-0.1, -0.05) is 23.3 Å². The number of benzene rings is 1. The largest absolute Gasteiger partial charge is 0.437 e. The number of hydrogen-bond donors (Lipinski definition) is 1. The number of nitrogens with one attached hydrogen (secondary N) is 1. The van der Waals surface area contributed by atoms with Gasteiger partial charge >= 0.3 is 5.76 Å². The molecule has 0 fully saturated rings. The van der Waals surface area contributed by atoms with Gasteiger partial charge in [0.15, 0.2) is 0 Å². The standard InChI is InChI=1S/C18H19ClN4O5/c19-15-10-13(23(26)27)6-7-14(15)17-21-22(18(25)28-17)11-16(24)20-9-8-12-4-2-1-3-5-12/h4,6-7,10H,1-3,5,8-9,11H2,(H,20,24). The van der Waals surface area contributed by atoms with Crippen LogP contribution in [0, 0.1) is 10.1 Å². The summed E-state index contributed by atoms with van der Waals surface area (Å²) in [6.45, 7) is 0.213. The molecule has 0 atom stereocenters. The van der Waals surface area contributed by atoms with Crippen LogP contribution in [0.25, 0.3) is 11.5 Å². The van der Waals surface area contributed by atoms with Gasteiger partial charge in [-0.05, 0) is 38.2 Å². The molecule has 1 heterocycles. The van der Waals surface area contributed by atoms with Crippen molar-refractivity contribution < 1.29 is 14.1 Å². The van der Waals surface area contributed by atoms with Crippen LogP contribution in [-0.4, -0.2) is 27.2 Å². The van der Waals surface area contributed by atoms with E-state index in [0.29, 0.717) is 6.54 Å². The molecular formula is C18H19ClN4O5. The number of non-ortho nitro benzene ring substituents is 1. The van der Waals surface area contributed by atoms with Crippen molar-refractivity contribution in [2.24, 2.45) is 0 Å². The van der Waals surface area contributed by atoms with Gasteiger partial charge in [-0.3, -0.25) is 14.9 Å². The SMILES string of the molecule is O=C(Cn1nc(-c2ccc([N+](=O)[O-])cc2Cl)oc1=O)NCCC1=CCCCC1. The van der Waals surface area contributed by atoms with Gasteiger partial charge in [-0.15, -0.1) is 5.10 Å². The maximum absolute atomic E-state index is 12.1. The third kappa shape index (κ3) is 4.86. The Labute approximate surface area is 165 Å². The number of hydrogen-bond acceptors (Lipinski definition) is 6. The molecule has 1 aromatic carbocycles. The lowest BCUT2D eigenvalue weighted by atomic mass is 9.97. The Kier molecular flexibility index (Phi) is 6.25. The minimum Gasteiger partial charge on any atom is -0.388 e. The van der Waals surface area contributed by atoms with E-state index in [0.717, 1.165) is 30.0 Å². The van der Waals surface area contributed by atoms with E-state index < -0.39 is 10.7 Å². The van der Waals surface area contributed by atoms with Crippen molar-refractivity contribution in [1.29, 1.82) is 0 Å². The van der Waals surface area contributed by atoms with Gasteiger partial charge in [0.25, 0.3) is 11.6 Å². The molecule has 0 unspecified atom stereocenters. The quantitative estimate of drug-likeness (QED) is 0.428. The van der Waals surface area contributed by atoms with Crippen LogP contribution in [0.15, 0.2) is 39.1 Å². The molecule has 3 rings (SSSR count). The molecule has 0 bridgehead atoms. The first-order valence-electron chi connectivity index (χ1n) is 8.91. The van der Waals surface area contributed by atoms with E-state index in [1.807, 2.05) is 0 Å². The molecule has 1 N–H and O–H groups in total. The zero-order chi connectivity index (χ0) is 20.1. The molecule has 0 radical (unpaired) electrons. The first kappa shape index (κ1) is 19.8. The summed E-state index contributed by atoms with van der Waals surface area (Å²) in [5, 5.41) is 17.5. The molecule has 1 aliphatic carbocycles. The number of carbonyl (C=O) groups excluding carboxylic acids is 1. The third-order valence-electron chi connectivity index (χ3n) is 4.45. The number of amides is 1. The summed E-state index contributed by atoms with van der Waals surface area (Å²) in [5.74, 6) is -1.27. The Morgan fingerprint density at radius 2 is 2.21 bits per heavy atom. The zero-order valence-electron chi connectivity index (χ0n) is 15.0. The van der Waals surface area contributed by atoms with Crippen LogP contribution in [0.4, 0.5) is 5.69 Å². The zero-order valence-corrected chi connectivity index (χ0v) is 15.8. The highest BCUT2D eigenvalue weighted by atomic mass is 35.5. The molecule has 2 aromatic rings. The van der Waals surface area contributed by atoms with E-state index in [-0.39, 0.29) is 34.6 Å². The van der Waals surface area contributed by atoms with E-state index in [4.69, 9.17) is 16.0 Å². The second kappa shape index (κ2) is 8.83. The van der Waals surface area contributed by atoms with Gasteiger partial charge < -0.3 is 9.73 Å². The summed E-state index contributed by atoms with van der Waals surface area (Å²) in [7, 11) is 0. The summed E-state index contributed by atoms with van der Waals surface area (Å²) in [6.07, 6.45) is 7.57. The van der Waals surface area contributed by atoms with Crippen molar-refractivity contribution in [3.05, 3.63) is 55.5 Å². The summed E-state index contributed by atoms with van der Waals surface area (Å²) in [5.41, 5.74) is 1.39. The van der Waals surface area contributed by atoms with E-state index >= 15 is 0 Å². The molecular weight excluding hydrogens is 388 g/mol. The second-order valence-corrected chi connectivity index (χ2v) is 6.87. The average Bonchev–Trinajstić information content (AvgIpc) is 3.02. The van der Waals surface area contributed by atoms with E-state index in [1.165, 1.54) is 30.5 Å². The van der Waals surface area contributed by atoms with E-state index in [1.54, 1.807) is 0 Å². The maximum atomic E-state index is 12.1. The van der Waals surface area contributed by atoms with Gasteiger partial charge in [0.05, 0.1) is 15.5 Å². The smallest absolute Gasteiger partial charge is 0.388 e. The summed E-state index contributed by atoms with van der Waals surface area (Å²) >= 11 is 6.02. The van der Waals surface area contributed by atoms with E-state index in [9.17, 15) is 19.7 Å². The minimum atomic E-state index is -0.811. The Morgan fingerprint density at radius 1 is 1.39 bits per heavy atom. The van der Waals surface area contributed by atoms with Crippen molar-refractivity contribution in [3.63, 3.8) is 0 Å². The molecule has 148 valence electrons. The molecule has 10 heteroatoms. The van der Waals surface area contributed by atoms with Gasteiger partial charge in [0, 0.05) is 18.7 Å². The highest BCUT2D eigenvalue weighted by Crippen LogP contribution is 2.29. The molecule has 0 aliphatic heterocycles. The predicted octanol–water partition coefficient (Wildman–Crippen LogP) is 3.07. The van der Waals surface area contributed by atoms with Crippen LogP contribution in [-0.2, 0) is 11.3 Å². The van der Waals surface area contributed by atoms with E-state index in [2.05, 4.69) is 16.5 Å². The minimum absolute atomic E-state index is 0.0211.